The van der Waals surface area contributed by atoms with Gasteiger partial charge in [-0.05, 0) is 31.0 Å². The summed E-state index contributed by atoms with van der Waals surface area (Å²) in [5.74, 6) is -0.560. The summed E-state index contributed by atoms with van der Waals surface area (Å²) in [5, 5.41) is 12.3. The Balaban J connectivity index is 1.59. The van der Waals surface area contributed by atoms with Gasteiger partial charge in [0.2, 0.25) is 5.91 Å². The lowest BCUT2D eigenvalue weighted by Crippen LogP contribution is -2.44. The standard InChI is InChI=1S/C20H23N3O5S/c1-15(29(27,28)19-9-7-18(8-10-19)23(25)26)20(24)21-17-11-12-22(14-17)13-16-5-3-2-4-6-16/h2-10,15,17H,11-14H2,1H3,(H,21,24)/t15-,17-/m0/s1. The molecule has 1 saturated heterocycles. The van der Waals surface area contributed by atoms with Crippen molar-refractivity contribution < 1.29 is 18.1 Å². The minimum atomic E-state index is -3.93. The molecule has 0 bridgehead atoms. The Hall–Kier alpha value is -2.78. The Labute approximate surface area is 169 Å². The van der Waals surface area contributed by atoms with Gasteiger partial charge in [0.25, 0.3) is 5.69 Å². The third-order valence-corrected chi connectivity index (χ3v) is 7.15. The molecule has 1 fully saturated rings. The number of non-ortho nitro benzene ring substituents is 1. The van der Waals surface area contributed by atoms with Crippen LogP contribution in [0.4, 0.5) is 5.69 Å². The van der Waals surface area contributed by atoms with Gasteiger partial charge in [0.05, 0.1) is 9.82 Å². The second-order valence-corrected chi connectivity index (χ2v) is 9.42. The molecule has 0 saturated carbocycles. The topological polar surface area (TPSA) is 110 Å². The summed E-state index contributed by atoms with van der Waals surface area (Å²) >= 11 is 0. The SMILES string of the molecule is C[C@@H](C(=O)N[C@H]1CCN(Cc2ccccc2)C1)S(=O)(=O)c1ccc([N+](=O)[O-])cc1. The second-order valence-electron chi connectivity index (χ2n) is 7.15. The van der Waals surface area contributed by atoms with Gasteiger partial charge in [0, 0.05) is 37.8 Å². The Morgan fingerprint density at radius 1 is 1.21 bits per heavy atom. The maximum absolute atomic E-state index is 12.7. The molecule has 0 radical (unpaired) electrons. The number of nitrogens with one attached hydrogen (secondary N) is 1. The predicted molar refractivity (Wildman–Crippen MR) is 108 cm³/mol. The number of sulfone groups is 1. The number of benzene rings is 2. The van der Waals surface area contributed by atoms with Crippen LogP contribution in [0.3, 0.4) is 0 Å². The summed E-state index contributed by atoms with van der Waals surface area (Å²) in [5.41, 5.74) is 0.985. The lowest BCUT2D eigenvalue weighted by molar-refractivity contribution is -0.384. The van der Waals surface area contributed by atoms with Gasteiger partial charge < -0.3 is 5.32 Å². The van der Waals surface area contributed by atoms with E-state index in [4.69, 9.17) is 0 Å². The Bertz CT molecular complexity index is 977. The number of nitrogens with zero attached hydrogens (tertiary/aromatic N) is 2. The van der Waals surface area contributed by atoms with E-state index in [0.717, 1.165) is 43.8 Å². The molecule has 0 spiro atoms. The van der Waals surface area contributed by atoms with E-state index in [-0.39, 0.29) is 16.6 Å². The fraction of sp³-hybridized carbons (Fsp3) is 0.350. The summed E-state index contributed by atoms with van der Waals surface area (Å²) in [4.78, 5) is 24.8. The number of carbonyl (C=O) groups is 1. The van der Waals surface area contributed by atoms with Crippen LogP contribution in [0.5, 0.6) is 0 Å². The lowest BCUT2D eigenvalue weighted by atomic mass is 10.2. The van der Waals surface area contributed by atoms with Crippen LogP contribution >= 0.6 is 0 Å². The van der Waals surface area contributed by atoms with Crippen LogP contribution < -0.4 is 5.32 Å². The van der Waals surface area contributed by atoms with E-state index in [0.29, 0.717) is 6.54 Å². The van der Waals surface area contributed by atoms with E-state index < -0.39 is 25.9 Å². The van der Waals surface area contributed by atoms with Crippen LogP contribution in [-0.2, 0) is 21.2 Å². The zero-order valence-electron chi connectivity index (χ0n) is 16.0. The van der Waals surface area contributed by atoms with Gasteiger partial charge in [0.1, 0.15) is 5.25 Å². The maximum atomic E-state index is 12.7. The van der Waals surface area contributed by atoms with E-state index in [1.165, 1.54) is 12.5 Å². The highest BCUT2D eigenvalue weighted by molar-refractivity contribution is 7.92. The highest BCUT2D eigenvalue weighted by atomic mass is 32.2. The van der Waals surface area contributed by atoms with E-state index in [9.17, 15) is 23.3 Å². The second kappa shape index (κ2) is 8.71. The third kappa shape index (κ3) is 4.99. The van der Waals surface area contributed by atoms with Crippen LogP contribution in [0.2, 0.25) is 0 Å². The summed E-state index contributed by atoms with van der Waals surface area (Å²) in [6.45, 7) is 3.60. The molecular weight excluding hydrogens is 394 g/mol. The number of nitro benzene ring substituents is 1. The normalized spacial score (nSPS) is 18.3. The number of likely N-dealkylation sites (tertiary alicyclic amines) is 1. The molecule has 9 heteroatoms. The molecule has 0 aromatic heterocycles. The van der Waals surface area contributed by atoms with Crippen molar-refractivity contribution in [2.75, 3.05) is 13.1 Å². The molecule has 1 amide bonds. The highest BCUT2D eigenvalue weighted by Crippen LogP contribution is 2.21. The molecule has 1 aliphatic heterocycles. The largest absolute Gasteiger partial charge is 0.351 e. The molecule has 2 atom stereocenters. The summed E-state index contributed by atoms with van der Waals surface area (Å²) in [7, 11) is -3.93. The third-order valence-electron chi connectivity index (χ3n) is 5.08. The molecule has 2 aromatic rings. The fourth-order valence-corrected chi connectivity index (χ4v) is 4.63. The van der Waals surface area contributed by atoms with Crippen LogP contribution in [0.1, 0.15) is 18.9 Å². The average molecular weight is 417 g/mol. The molecule has 1 aliphatic rings. The van der Waals surface area contributed by atoms with Crippen molar-refractivity contribution in [1.82, 2.24) is 10.2 Å². The Morgan fingerprint density at radius 3 is 2.48 bits per heavy atom. The van der Waals surface area contributed by atoms with Crippen molar-refractivity contribution in [1.29, 1.82) is 0 Å². The first-order chi connectivity index (χ1) is 13.8. The first-order valence-electron chi connectivity index (χ1n) is 9.32. The molecule has 2 aromatic carbocycles. The first-order valence-corrected chi connectivity index (χ1v) is 10.9. The van der Waals surface area contributed by atoms with Crippen molar-refractivity contribution >= 4 is 21.4 Å². The van der Waals surface area contributed by atoms with Crippen LogP contribution in [-0.4, -0.2) is 48.5 Å². The van der Waals surface area contributed by atoms with Gasteiger partial charge in [-0.2, -0.15) is 0 Å². The lowest BCUT2D eigenvalue weighted by Gasteiger charge is -2.19. The number of carbonyl (C=O) groups excluding carboxylic acids is 1. The smallest absolute Gasteiger partial charge is 0.269 e. The van der Waals surface area contributed by atoms with Crippen LogP contribution in [0.15, 0.2) is 59.5 Å². The van der Waals surface area contributed by atoms with E-state index in [1.807, 2.05) is 30.3 Å². The van der Waals surface area contributed by atoms with E-state index in [1.54, 1.807) is 0 Å². The van der Waals surface area contributed by atoms with Crippen molar-refractivity contribution in [3.8, 4) is 0 Å². The first kappa shape index (κ1) is 20.9. The van der Waals surface area contributed by atoms with Gasteiger partial charge in [-0.15, -0.1) is 0 Å². The number of rotatable bonds is 7. The molecular formula is C20H23N3O5S. The molecule has 1 heterocycles. The molecule has 1 N–H and O–H groups in total. The fourth-order valence-electron chi connectivity index (χ4n) is 3.36. The van der Waals surface area contributed by atoms with Gasteiger partial charge in [-0.3, -0.25) is 19.8 Å². The maximum Gasteiger partial charge on any atom is 0.269 e. The molecule has 0 aliphatic carbocycles. The zero-order valence-corrected chi connectivity index (χ0v) is 16.8. The van der Waals surface area contributed by atoms with Gasteiger partial charge in [-0.1, -0.05) is 30.3 Å². The number of nitro groups is 1. The molecule has 8 nitrogen and oxygen atoms in total. The summed E-state index contributed by atoms with van der Waals surface area (Å²) in [6.07, 6.45) is 0.753. The van der Waals surface area contributed by atoms with Crippen molar-refractivity contribution in [2.45, 2.75) is 36.1 Å². The quantitative estimate of drug-likeness (QED) is 0.546. The molecule has 154 valence electrons. The van der Waals surface area contributed by atoms with Gasteiger partial charge in [-0.25, -0.2) is 8.42 Å². The highest BCUT2D eigenvalue weighted by Gasteiger charge is 2.33. The van der Waals surface area contributed by atoms with Gasteiger partial charge >= 0.3 is 0 Å². The summed E-state index contributed by atoms with van der Waals surface area (Å²) < 4.78 is 25.4. The Kier molecular flexibility index (Phi) is 6.29. The minimum absolute atomic E-state index is 0.108. The molecule has 29 heavy (non-hydrogen) atoms. The monoisotopic (exact) mass is 417 g/mol. The Morgan fingerprint density at radius 2 is 1.86 bits per heavy atom. The van der Waals surface area contributed by atoms with E-state index in [2.05, 4.69) is 10.2 Å². The van der Waals surface area contributed by atoms with Crippen molar-refractivity contribution in [2.24, 2.45) is 0 Å². The number of hydrogen-bond donors (Lipinski definition) is 1. The van der Waals surface area contributed by atoms with Gasteiger partial charge in [0.15, 0.2) is 9.84 Å². The number of amides is 1. The van der Waals surface area contributed by atoms with Crippen LogP contribution in [0.25, 0.3) is 0 Å². The number of hydrogen-bond acceptors (Lipinski definition) is 6. The van der Waals surface area contributed by atoms with Crippen molar-refractivity contribution in [3.63, 3.8) is 0 Å². The minimum Gasteiger partial charge on any atom is -0.351 e. The van der Waals surface area contributed by atoms with Crippen LogP contribution in [0, 0.1) is 10.1 Å². The predicted octanol–water partition coefficient (Wildman–Crippen LogP) is 2.15. The molecule has 3 rings (SSSR count). The average Bonchev–Trinajstić information content (AvgIpc) is 3.14. The molecule has 0 unspecified atom stereocenters. The zero-order chi connectivity index (χ0) is 21.0. The van der Waals surface area contributed by atoms with Crippen molar-refractivity contribution in [3.05, 3.63) is 70.3 Å². The van der Waals surface area contributed by atoms with E-state index >= 15 is 0 Å². The summed E-state index contributed by atoms with van der Waals surface area (Å²) in [6, 6.07) is 14.5.